The van der Waals surface area contributed by atoms with Crippen LogP contribution in [-0.4, -0.2) is 26.2 Å². The van der Waals surface area contributed by atoms with E-state index in [1.54, 1.807) is 19.2 Å². The fourth-order valence-corrected chi connectivity index (χ4v) is 2.16. The SMILES string of the molecule is COCCNC(=O)c1ccc(Nc2ccc(C)c(C)c2)c(N)c1. The molecule has 0 saturated carbocycles. The molecule has 0 fully saturated rings. The number of aryl methyl sites for hydroxylation is 2. The van der Waals surface area contributed by atoms with E-state index in [2.05, 4.69) is 36.6 Å². The molecule has 0 spiro atoms. The van der Waals surface area contributed by atoms with Gasteiger partial charge in [0.2, 0.25) is 0 Å². The van der Waals surface area contributed by atoms with E-state index in [4.69, 9.17) is 10.5 Å². The number of methoxy groups -OCH3 is 1. The van der Waals surface area contributed by atoms with Gasteiger partial charge in [-0.05, 0) is 55.3 Å². The third-order valence-electron chi connectivity index (χ3n) is 3.69. The zero-order chi connectivity index (χ0) is 16.8. The molecule has 2 aromatic carbocycles. The van der Waals surface area contributed by atoms with Gasteiger partial charge in [-0.25, -0.2) is 0 Å². The van der Waals surface area contributed by atoms with Crippen LogP contribution in [0.15, 0.2) is 36.4 Å². The van der Waals surface area contributed by atoms with E-state index in [-0.39, 0.29) is 5.91 Å². The van der Waals surface area contributed by atoms with Crippen LogP contribution in [-0.2, 0) is 4.74 Å². The molecular weight excluding hydrogens is 290 g/mol. The maximum Gasteiger partial charge on any atom is 0.251 e. The highest BCUT2D eigenvalue weighted by Crippen LogP contribution is 2.25. The number of benzene rings is 2. The number of anilines is 3. The summed E-state index contributed by atoms with van der Waals surface area (Å²) in [6, 6.07) is 11.4. The molecule has 0 heterocycles. The van der Waals surface area contributed by atoms with Crippen LogP contribution in [0.1, 0.15) is 21.5 Å². The van der Waals surface area contributed by atoms with Gasteiger partial charge in [-0.15, -0.1) is 0 Å². The first-order valence-electron chi connectivity index (χ1n) is 7.52. The summed E-state index contributed by atoms with van der Waals surface area (Å²) in [4.78, 5) is 12.0. The van der Waals surface area contributed by atoms with E-state index in [0.717, 1.165) is 11.4 Å². The van der Waals surface area contributed by atoms with Crippen LogP contribution in [0.3, 0.4) is 0 Å². The van der Waals surface area contributed by atoms with Crippen molar-refractivity contribution in [1.82, 2.24) is 5.32 Å². The van der Waals surface area contributed by atoms with Crippen molar-refractivity contribution in [1.29, 1.82) is 0 Å². The highest BCUT2D eigenvalue weighted by Gasteiger charge is 2.08. The number of hydrogen-bond donors (Lipinski definition) is 3. The maximum absolute atomic E-state index is 12.0. The highest BCUT2D eigenvalue weighted by atomic mass is 16.5. The third-order valence-corrected chi connectivity index (χ3v) is 3.69. The highest BCUT2D eigenvalue weighted by molar-refractivity contribution is 5.96. The van der Waals surface area contributed by atoms with E-state index in [1.165, 1.54) is 11.1 Å². The molecule has 0 unspecified atom stereocenters. The number of nitrogen functional groups attached to an aromatic ring is 1. The van der Waals surface area contributed by atoms with Gasteiger partial charge >= 0.3 is 0 Å². The van der Waals surface area contributed by atoms with Gasteiger partial charge < -0.3 is 21.1 Å². The normalized spacial score (nSPS) is 10.4. The summed E-state index contributed by atoms with van der Waals surface area (Å²) >= 11 is 0. The molecule has 0 atom stereocenters. The van der Waals surface area contributed by atoms with Crippen molar-refractivity contribution in [2.45, 2.75) is 13.8 Å². The topological polar surface area (TPSA) is 76.4 Å². The van der Waals surface area contributed by atoms with Crippen molar-refractivity contribution in [3.8, 4) is 0 Å². The van der Waals surface area contributed by atoms with Gasteiger partial charge in [-0.3, -0.25) is 4.79 Å². The number of carbonyl (C=O) groups excluding carboxylic acids is 1. The minimum atomic E-state index is -0.161. The van der Waals surface area contributed by atoms with Crippen LogP contribution in [0.25, 0.3) is 0 Å². The number of nitrogens with two attached hydrogens (primary N) is 1. The number of carbonyl (C=O) groups is 1. The van der Waals surface area contributed by atoms with Gasteiger partial charge in [-0.1, -0.05) is 6.07 Å². The molecule has 0 bridgehead atoms. The van der Waals surface area contributed by atoms with Crippen molar-refractivity contribution in [3.05, 3.63) is 53.1 Å². The van der Waals surface area contributed by atoms with E-state index in [9.17, 15) is 4.79 Å². The molecule has 4 N–H and O–H groups in total. The average Bonchev–Trinajstić information content (AvgIpc) is 2.53. The van der Waals surface area contributed by atoms with Gasteiger partial charge in [0.05, 0.1) is 18.0 Å². The Morgan fingerprint density at radius 2 is 1.91 bits per heavy atom. The smallest absolute Gasteiger partial charge is 0.251 e. The predicted octanol–water partition coefficient (Wildman–Crippen LogP) is 3.01. The molecule has 0 aliphatic heterocycles. The van der Waals surface area contributed by atoms with Crippen molar-refractivity contribution >= 4 is 23.0 Å². The monoisotopic (exact) mass is 313 g/mol. The standard InChI is InChI=1S/C18H23N3O2/c1-12-4-6-15(10-13(12)2)21-17-7-5-14(11-16(17)19)18(22)20-8-9-23-3/h4-7,10-11,21H,8-9,19H2,1-3H3,(H,20,22). The van der Waals surface area contributed by atoms with Crippen molar-refractivity contribution < 1.29 is 9.53 Å². The predicted molar refractivity (Wildman–Crippen MR) is 94.3 cm³/mol. The van der Waals surface area contributed by atoms with Gasteiger partial charge in [-0.2, -0.15) is 0 Å². The quantitative estimate of drug-likeness (QED) is 0.566. The lowest BCUT2D eigenvalue weighted by Crippen LogP contribution is -2.27. The summed E-state index contributed by atoms with van der Waals surface area (Å²) in [5.41, 5.74) is 11.3. The Hall–Kier alpha value is -2.53. The molecule has 2 rings (SSSR count). The lowest BCUT2D eigenvalue weighted by atomic mass is 10.1. The lowest BCUT2D eigenvalue weighted by Gasteiger charge is -2.12. The van der Waals surface area contributed by atoms with Crippen LogP contribution in [0.5, 0.6) is 0 Å². The van der Waals surface area contributed by atoms with E-state index < -0.39 is 0 Å². The second-order valence-electron chi connectivity index (χ2n) is 5.47. The van der Waals surface area contributed by atoms with E-state index >= 15 is 0 Å². The molecule has 0 aliphatic carbocycles. The number of amides is 1. The first-order chi connectivity index (χ1) is 11.0. The zero-order valence-corrected chi connectivity index (χ0v) is 13.8. The second kappa shape index (κ2) is 7.65. The summed E-state index contributed by atoms with van der Waals surface area (Å²) in [6.45, 7) is 5.09. The van der Waals surface area contributed by atoms with Gasteiger partial charge in [0.1, 0.15) is 0 Å². The van der Waals surface area contributed by atoms with Crippen LogP contribution in [0, 0.1) is 13.8 Å². The molecule has 2 aromatic rings. The summed E-state index contributed by atoms with van der Waals surface area (Å²) in [5, 5.41) is 6.05. The van der Waals surface area contributed by atoms with Gasteiger partial charge in [0, 0.05) is 24.9 Å². The Labute approximate surface area is 136 Å². The maximum atomic E-state index is 12.0. The molecule has 5 nitrogen and oxygen atoms in total. The van der Waals surface area contributed by atoms with Crippen LogP contribution >= 0.6 is 0 Å². The minimum Gasteiger partial charge on any atom is -0.397 e. The fraction of sp³-hybridized carbons (Fsp3) is 0.278. The van der Waals surface area contributed by atoms with Crippen molar-refractivity contribution in [2.75, 3.05) is 31.3 Å². The molecule has 122 valence electrons. The third kappa shape index (κ3) is 4.47. The fourth-order valence-electron chi connectivity index (χ4n) is 2.16. The molecule has 0 radical (unpaired) electrons. The zero-order valence-electron chi connectivity index (χ0n) is 13.8. The Kier molecular flexibility index (Phi) is 5.60. The molecule has 0 saturated heterocycles. The summed E-state index contributed by atoms with van der Waals surface area (Å²) in [7, 11) is 1.59. The Morgan fingerprint density at radius 3 is 2.57 bits per heavy atom. The van der Waals surface area contributed by atoms with Gasteiger partial charge in [0.15, 0.2) is 0 Å². The largest absolute Gasteiger partial charge is 0.397 e. The number of rotatable bonds is 6. The second-order valence-corrected chi connectivity index (χ2v) is 5.47. The lowest BCUT2D eigenvalue weighted by molar-refractivity contribution is 0.0937. The van der Waals surface area contributed by atoms with E-state index in [1.807, 2.05) is 12.1 Å². The summed E-state index contributed by atoms with van der Waals surface area (Å²) in [5.74, 6) is -0.161. The molecule has 5 heteroatoms. The van der Waals surface area contributed by atoms with Crippen molar-refractivity contribution in [3.63, 3.8) is 0 Å². The molecule has 0 aromatic heterocycles. The van der Waals surface area contributed by atoms with Crippen LogP contribution < -0.4 is 16.4 Å². The Morgan fingerprint density at radius 1 is 1.13 bits per heavy atom. The first-order valence-corrected chi connectivity index (χ1v) is 7.52. The van der Waals surface area contributed by atoms with Crippen molar-refractivity contribution in [2.24, 2.45) is 0 Å². The summed E-state index contributed by atoms with van der Waals surface area (Å²) < 4.78 is 4.91. The number of hydrogen-bond acceptors (Lipinski definition) is 4. The number of nitrogens with one attached hydrogen (secondary N) is 2. The molecule has 1 amide bonds. The van der Waals surface area contributed by atoms with Crippen LogP contribution in [0.2, 0.25) is 0 Å². The summed E-state index contributed by atoms with van der Waals surface area (Å²) in [6.07, 6.45) is 0. The van der Waals surface area contributed by atoms with Gasteiger partial charge in [0.25, 0.3) is 5.91 Å². The van der Waals surface area contributed by atoms with E-state index in [0.29, 0.717) is 24.4 Å². The Bertz CT molecular complexity index is 699. The average molecular weight is 313 g/mol. The minimum absolute atomic E-state index is 0.161. The molecule has 0 aliphatic rings. The first kappa shape index (κ1) is 16.8. The molecular formula is C18H23N3O2. The van der Waals surface area contributed by atoms with Crippen LogP contribution in [0.4, 0.5) is 17.1 Å². The Balaban J connectivity index is 2.09. The number of ether oxygens (including phenoxy) is 1. The molecule has 23 heavy (non-hydrogen) atoms.